The molecule has 1 aromatic rings. The minimum absolute atomic E-state index is 0.0179. The standard InChI is InChI=1S/C18H20N2O3S/c1-3-23-18(22)16-13(10-24-12-7-5-4-6-8-12)17-14(9-15(16)21)20(2)11-19-17/h4-9,11,13,17,21H,3,10H2,1-2H3/t13?,17-/m1/s1. The summed E-state index contributed by atoms with van der Waals surface area (Å²) in [4.78, 5) is 19.9. The van der Waals surface area contributed by atoms with Gasteiger partial charge in [0, 0.05) is 35.4 Å². The highest BCUT2D eigenvalue weighted by Gasteiger charge is 2.40. The van der Waals surface area contributed by atoms with Crippen molar-refractivity contribution >= 4 is 24.1 Å². The molecule has 1 unspecified atom stereocenters. The van der Waals surface area contributed by atoms with Gasteiger partial charge in [-0.15, -0.1) is 11.8 Å². The van der Waals surface area contributed by atoms with Crippen LogP contribution >= 0.6 is 11.8 Å². The molecule has 1 aromatic carbocycles. The minimum Gasteiger partial charge on any atom is -0.507 e. The van der Waals surface area contributed by atoms with Crippen LogP contribution in [0, 0.1) is 5.92 Å². The lowest BCUT2D eigenvalue weighted by atomic mass is 9.86. The fraction of sp³-hybridized carbons (Fsp3) is 0.333. The van der Waals surface area contributed by atoms with Crippen LogP contribution in [0.2, 0.25) is 0 Å². The van der Waals surface area contributed by atoms with E-state index in [2.05, 4.69) is 4.99 Å². The molecule has 0 amide bonds. The molecule has 126 valence electrons. The fourth-order valence-electron chi connectivity index (χ4n) is 2.93. The van der Waals surface area contributed by atoms with Gasteiger partial charge in [-0.2, -0.15) is 0 Å². The van der Waals surface area contributed by atoms with Crippen LogP contribution in [0.5, 0.6) is 0 Å². The fourth-order valence-corrected chi connectivity index (χ4v) is 4.00. The Labute approximate surface area is 145 Å². The molecule has 1 heterocycles. The maximum atomic E-state index is 12.4. The van der Waals surface area contributed by atoms with E-state index in [0.717, 1.165) is 10.6 Å². The number of ether oxygens (including phenoxy) is 1. The number of esters is 1. The number of thioether (sulfide) groups is 1. The number of carbonyl (C=O) groups is 1. The number of aliphatic hydroxyl groups excluding tert-OH is 1. The third-order valence-electron chi connectivity index (χ3n) is 4.09. The van der Waals surface area contributed by atoms with Gasteiger partial charge in [0.1, 0.15) is 5.76 Å². The second-order valence-corrected chi connectivity index (χ2v) is 6.73. The molecule has 0 fully saturated rings. The maximum Gasteiger partial charge on any atom is 0.338 e. The van der Waals surface area contributed by atoms with Crippen molar-refractivity contribution in [2.45, 2.75) is 17.9 Å². The van der Waals surface area contributed by atoms with Gasteiger partial charge in [-0.1, -0.05) is 18.2 Å². The Morgan fingerprint density at radius 2 is 2.12 bits per heavy atom. The van der Waals surface area contributed by atoms with Crippen molar-refractivity contribution in [3.05, 3.63) is 53.4 Å². The molecule has 0 radical (unpaired) electrons. The molecule has 1 N–H and O–H groups in total. The van der Waals surface area contributed by atoms with Crippen molar-refractivity contribution < 1.29 is 14.6 Å². The number of fused-ring (bicyclic) bond motifs is 1. The zero-order chi connectivity index (χ0) is 17.1. The Bertz CT molecular complexity index is 712. The molecule has 0 saturated heterocycles. The van der Waals surface area contributed by atoms with Gasteiger partial charge in [0.05, 0.1) is 24.6 Å². The third kappa shape index (κ3) is 3.19. The van der Waals surface area contributed by atoms with Gasteiger partial charge in [-0.05, 0) is 19.1 Å². The summed E-state index contributed by atoms with van der Waals surface area (Å²) < 4.78 is 5.15. The van der Waals surface area contributed by atoms with Crippen molar-refractivity contribution in [2.24, 2.45) is 10.9 Å². The van der Waals surface area contributed by atoms with Gasteiger partial charge >= 0.3 is 5.97 Å². The number of aliphatic hydroxyl groups is 1. The summed E-state index contributed by atoms with van der Waals surface area (Å²) in [6.07, 6.45) is 3.35. The topological polar surface area (TPSA) is 62.1 Å². The molecule has 24 heavy (non-hydrogen) atoms. The molecule has 0 spiro atoms. The van der Waals surface area contributed by atoms with Crippen LogP contribution in [-0.4, -0.2) is 47.8 Å². The number of nitrogens with zero attached hydrogens (tertiary/aromatic N) is 2. The predicted octanol–water partition coefficient (Wildman–Crippen LogP) is 3.01. The van der Waals surface area contributed by atoms with Crippen molar-refractivity contribution in [3.63, 3.8) is 0 Å². The zero-order valence-corrected chi connectivity index (χ0v) is 14.5. The molecule has 0 aromatic heterocycles. The minimum atomic E-state index is -0.464. The van der Waals surface area contributed by atoms with E-state index in [-0.39, 0.29) is 24.3 Å². The summed E-state index contributed by atoms with van der Waals surface area (Å²) in [5.41, 5.74) is 1.22. The number of hydrogen-bond acceptors (Lipinski definition) is 6. The normalized spacial score (nSPS) is 22.4. The highest BCUT2D eigenvalue weighted by molar-refractivity contribution is 7.99. The largest absolute Gasteiger partial charge is 0.507 e. The third-order valence-corrected chi connectivity index (χ3v) is 5.22. The lowest BCUT2D eigenvalue weighted by molar-refractivity contribution is -0.139. The molecule has 5 nitrogen and oxygen atoms in total. The molecule has 1 aliphatic carbocycles. The first-order chi connectivity index (χ1) is 11.6. The van der Waals surface area contributed by atoms with E-state index in [0.29, 0.717) is 11.3 Å². The summed E-state index contributed by atoms with van der Waals surface area (Å²) in [5.74, 6) is -0.0741. The molecule has 3 rings (SSSR count). The average molecular weight is 344 g/mol. The number of rotatable bonds is 5. The van der Waals surface area contributed by atoms with Gasteiger partial charge < -0.3 is 14.7 Å². The van der Waals surface area contributed by atoms with Crippen LogP contribution < -0.4 is 0 Å². The molecule has 0 saturated carbocycles. The molecule has 1 aliphatic heterocycles. The van der Waals surface area contributed by atoms with E-state index in [9.17, 15) is 9.90 Å². The molecule has 0 bridgehead atoms. The average Bonchev–Trinajstić information content (AvgIpc) is 2.94. The summed E-state index contributed by atoms with van der Waals surface area (Å²) in [7, 11) is 1.89. The number of likely N-dealkylation sites (N-methyl/N-ethyl adjacent to an activating group) is 1. The lowest BCUT2D eigenvalue weighted by Gasteiger charge is -2.29. The first-order valence-electron chi connectivity index (χ1n) is 7.87. The van der Waals surface area contributed by atoms with Crippen LogP contribution in [-0.2, 0) is 9.53 Å². The summed E-state index contributed by atoms with van der Waals surface area (Å²) in [5, 5.41) is 10.4. The number of carbonyl (C=O) groups excluding carboxylic acids is 1. The van der Waals surface area contributed by atoms with E-state index >= 15 is 0 Å². The van der Waals surface area contributed by atoms with Crippen molar-refractivity contribution in [3.8, 4) is 0 Å². The lowest BCUT2D eigenvalue weighted by Crippen LogP contribution is -2.34. The second-order valence-electron chi connectivity index (χ2n) is 5.64. The van der Waals surface area contributed by atoms with Gasteiger partial charge in [0.25, 0.3) is 0 Å². The first-order valence-corrected chi connectivity index (χ1v) is 8.86. The summed E-state index contributed by atoms with van der Waals surface area (Å²) >= 11 is 1.65. The van der Waals surface area contributed by atoms with Gasteiger partial charge in [0.15, 0.2) is 0 Å². The smallest absolute Gasteiger partial charge is 0.338 e. The van der Waals surface area contributed by atoms with Crippen LogP contribution in [0.15, 0.2) is 63.3 Å². The van der Waals surface area contributed by atoms with Crippen LogP contribution in [0.25, 0.3) is 0 Å². The highest BCUT2D eigenvalue weighted by Crippen LogP contribution is 2.38. The van der Waals surface area contributed by atoms with Crippen LogP contribution in [0.4, 0.5) is 0 Å². The Morgan fingerprint density at radius 1 is 1.38 bits per heavy atom. The molecular formula is C18H20N2O3S. The number of benzene rings is 1. The highest BCUT2D eigenvalue weighted by atomic mass is 32.2. The van der Waals surface area contributed by atoms with E-state index in [1.54, 1.807) is 31.1 Å². The van der Waals surface area contributed by atoms with Gasteiger partial charge in [-0.25, -0.2) is 4.79 Å². The summed E-state index contributed by atoms with van der Waals surface area (Å²) in [6, 6.07) is 9.83. The molecule has 6 heteroatoms. The molecule has 2 aliphatic rings. The van der Waals surface area contributed by atoms with Gasteiger partial charge in [0.2, 0.25) is 0 Å². The number of hydrogen-bond donors (Lipinski definition) is 1. The Hall–Kier alpha value is -2.21. The number of aliphatic imine (C=N–C) groups is 1. The monoisotopic (exact) mass is 344 g/mol. The predicted molar refractivity (Wildman–Crippen MR) is 95.1 cm³/mol. The molecular weight excluding hydrogens is 324 g/mol. The summed E-state index contributed by atoms with van der Waals surface area (Å²) in [6.45, 7) is 2.04. The quantitative estimate of drug-likeness (QED) is 0.657. The molecule has 2 atom stereocenters. The van der Waals surface area contributed by atoms with Crippen LogP contribution in [0.1, 0.15) is 6.92 Å². The zero-order valence-electron chi connectivity index (χ0n) is 13.7. The maximum absolute atomic E-state index is 12.4. The van der Waals surface area contributed by atoms with Crippen molar-refractivity contribution in [1.82, 2.24) is 4.90 Å². The second kappa shape index (κ2) is 7.13. The Kier molecular flexibility index (Phi) is 4.94. The van der Waals surface area contributed by atoms with E-state index in [1.807, 2.05) is 42.3 Å². The van der Waals surface area contributed by atoms with Crippen LogP contribution in [0.3, 0.4) is 0 Å². The number of allylic oxidation sites excluding steroid dienone is 1. The Morgan fingerprint density at radius 3 is 2.83 bits per heavy atom. The van der Waals surface area contributed by atoms with E-state index < -0.39 is 5.97 Å². The first kappa shape index (κ1) is 16.6. The SMILES string of the molecule is CCOC(=O)C1=C(O)C=C2[C@H](N=CN2C)C1CSc1ccccc1. The van der Waals surface area contributed by atoms with E-state index in [4.69, 9.17) is 4.74 Å². The van der Waals surface area contributed by atoms with Crippen molar-refractivity contribution in [2.75, 3.05) is 19.4 Å². The van der Waals surface area contributed by atoms with Crippen molar-refractivity contribution in [1.29, 1.82) is 0 Å². The van der Waals surface area contributed by atoms with Gasteiger partial charge in [-0.3, -0.25) is 4.99 Å². The Balaban J connectivity index is 1.88. The van der Waals surface area contributed by atoms with E-state index in [1.165, 1.54) is 0 Å².